The molecule has 2 aliphatic rings. The number of nitrogens with zero attached hydrogens (tertiary/aromatic N) is 2. The number of nitrogens with one attached hydrogen (secondary N) is 9. The molecule has 0 saturated carbocycles. The maximum absolute atomic E-state index is 13.5. The van der Waals surface area contributed by atoms with Gasteiger partial charge in [0.15, 0.2) is 0 Å². The summed E-state index contributed by atoms with van der Waals surface area (Å²) in [5, 5.41) is 51.0. The van der Waals surface area contributed by atoms with Gasteiger partial charge in [-0.2, -0.15) is 0 Å². The highest BCUT2D eigenvalue weighted by Gasteiger charge is 2.40. The van der Waals surface area contributed by atoms with Gasteiger partial charge >= 0.3 is 5.97 Å². The van der Waals surface area contributed by atoms with E-state index in [-0.39, 0.29) is 38.4 Å². The lowest BCUT2D eigenvalue weighted by atomic mass is 10.0. The maximum Gasteiger partial charge on any atom is 0.328 e. The Morgan fingerprint density at radius 3 is 1.54 bits per heavy atom. The van der Waals surface area contributed by atoms with Gasteiger partial charge in [-0.15, -0.1) is 0 Å². The zero-order valence-corrected chi connectivity index (χ0v) is 39.4. The summed E-state index contributed by atoms with van der Waals surface area (Å²) >= 11 is 0. The first-order valence-electron chi connectivity index (χ1n) is 22.7. The van der Waals surface area contributed by atoms with Crippen molar-refractivity contribution in [3.8, 4) is 0 Å². The van der Waals surface area contributed by atoms with Gasteiger partial charge in [0.1, 0.15) is 54.4 Å². The molecule has 0 bridgehead atoms. The maximum atomic E-state index is 13.5. The Morgan fingerprint density at radius 1 is 0.552 bits per heavy atom. The van der Waals surface area contributed by atoms with Crippen LogP contribution in [0.3, 0.4) is 0 Å². The summed E-state index contributed by atoms with van der Waals surface area (Å²) in [6, 6.07) is -10.3. The standard InChI is InChI=1S/C42H71N11O14/c1-8-43-17-15-32(56)45-24(4)36(60)50-28(20-54)41(65)53-19-11-14-31(53)39(63)48-25(5)35(59)49-27(7)40(64)52-18-10-13-30(52)38(62)47-23(3)34(58)44-16-9-12-22(2)33(57)46-26(6)37(61)51-29(21-55)42(66)67/h22-31,43,54-55H,8-21H2,1-7H3,(H,44,58)(H,45,56)(H,46,57)(H,47,62)(H,48,63)(H,49,59)(H,50,60)(H,51,61)(H,66,67). The van der Waals surface area contributed by atoms with Crippen molar-refractivity contribution in [2.75, 3.05) is 45.9 Å². The molecule has 2 heterocycles. The smallest absolute Gasteiger partial charge is 0.328 e. The molecule has 0 aromatic rings. The first-order valence-corrected chi connectivity index (χ1v) is 22.7. The molecule has 2 fully saturated rings. The number of carboxylic acid groups (broad SMARTS) is 1. The lowest BCUT2D eigenvalue weighted by Gasteiger charge is -2.30. The highest BCUT2D eigenvalue weighted by Crippen LogP contribution is 2.20. The fourth-order valence-corrected chi connectivity index (χ4v) is 7.25. The van der Waals surface area contributed by atoms with Gasteiger partial charge in [0, 0.05) is 38.5 Å². The number of aliphatic hydroxyl groups is 2. The minimum atomic E-state index is -1.52. The van der Waals surface area contributed by atoms with Crippen LogP contribution in [0, 0.1) is 5.92 Å². The molecule has 0 radical (unpaired) electrons. The van der Waals surface area contributed by atoms with E-state index in [1.165, 1.54) is 44.4 Å². The molecular formula is C42H71N11O14. The van der Waals surface area contributed by atoms with Gasteiger partial charge in [0.05, 0.1) is 13.2 Å². The van der Waals surface area contributed by atoms with Crippen LogP contribution in [-0.4, -0.2) is 190 Å². The van der Waals surface area contributed by atoms with Gasteiger partial charge in [-0.05, 0) is 79.7 Å². The van der Waals surface area contributed by atoms with Gasteiger partial charge in [-0.25, -0.2) is 4.79 Å². The van der Waals surface area contributed by atoms with E-state index in [0.717, 1.165) is 0 Å². The minimum Gasteiger partial charge on any atom is -0.480 e. The summed E-state index contributed by atoms with van der Waals surface area (Å²) in [7, 11) is 0. The van der Waals surface area contributed by atoms with Gasteiger partial charge < -0.3 is 73.0 Å². The predicted molar refractivity (Wildman–Crippen MR) is 238 cm³/mol. The number of hydrogen-bond donors (Lipinski definition) is 12. The molecule has 12 N–H and O–H groups in total. The average Bonchev–Trinajstić information content (AvgIpc) is 3.99. The Morgan fingerprint density at radius 2 is 1.01 bits per heavy atom. The van der Waals surface area contributed by atoms with Gasteiger partial charge in [0.25, 0.3) is 0 Å². The van der Waals surface area contributed by atoms with E-state index in [0.29, 0.717) is 45.2 Å². The quantitative estimate of drug-likeness (QED) is 0.0344. The third kappa shape index (κ3) is 18.0. The van der Waals surface area contributed by atoms with Crippen LogP contribution in [0.25, 0.3) is 0 Å². The number of rotatable bonds is 27. The van der Waals surface area contributed by atoms with Crippen molar-refractivity contribution in [1.82, 2.24) is 57.7 Å². The largest absolute Gasteiger partial charge is 0.480 e. The SMILES string of the molecule is CCNCCC(=O)NC(C)C(=O)NC(CO)C(=O)N1CCCC1C(=O)NC(C)C(=O)NC(C)C(=O)N1CCCC1C(=O)NC(C)C(=O)NCCCC(C)C(=O)NC(C)C(=O)NC(CO)C(=O)O. The molecular weight excluding hydrogens is 883 g/mol. The first kappa shape index (κ1) is 57.2. The summed E-state index contributed by atoms with van der Waals surface area (Å²) in [6.07, 6.45) is 2.23. The molecule has 378 valence electrons. The van der Waals surface area contributed by atoms with E-state index in [4.69, 9.17) is 10.2 Å². The number of hydrogen-bond acceptors (Lipinski definition) is 14. The number of carbonyl (C=O) groups excluding carboxylic acids is 10. The van der Waals surface area contributed by atoms with Crippen molar-refractivity contribution in [3.63, 3.8) is 0 Å². The van der Waals surface area contributed by atoms with Crippen molar-refractivity contribution in [3.05, 3.63) is 0 Å². The van der Waals surface area contributed by atoms with Gasteiger partial charge in [-0.1, -0.05) is 13.8 Å². The zero-order valence-electron chi connectivity index (χ0n) is 39.4. The molecule has 0 aliphatic carbocycles. The molecule has 25 nitrogen and oxygen atoms in total. The second-order valence-corrected chi connectivity index (χ2v) is 16.9. The van der Waals surface area contributed by atoms with E-state index >= 15 is 0 Å². The monoisotopic (exact) mass is 954 g/mol. The first-order chi connectivity index (χ1) is 31.6. The van der Waals surface area contributed by atoms with Crippen LogP contribution < -0.4 is 47.9 Å². The topological polar surface area (TPSA) is 363 Å². The molecule has 25 heteroatoms. The van der Waals surface area contributed by atoms with Crippen LogP contribution >= 0.6 is 0 Å². The number of aliphatic hydroxyl groups excluding tert-OH is 2. The molecule has 2 rings (SSSR count). The number of amides is 10. The Hall–Kier alpha value is -5.95. The second-order valence-electron chi connectivity index (χ2n) is 16.9. The molecule has 0 spiro atoms. The summed E-state index contributed by atoms with van der Waals surface area (Å²) in [4.78, 5) is 143. The highest BCUT2D eigenvalue weighted by molar-refractivity contribution is 5.98. The molecule has 2 saturated heterocycles. The summed E-state index contributed by atoms with van der Waals surface area (Å²) < 4.78 is 0. The van der Waals surface area contributed by atoms with Crippen molar-refractivity contribution in [2.45, 2.75) is 148 Å². The molecule has 0 aromatic carbocycles. The zero-order chi connectivity index (χ0) is 50.5. The average molecular weight is 954 g/mol. The molecule has 10 amide bonds. The van der Waals surface area contributed by atoms with Crippen molar-refractivity contribution < 1.29 is 68.1 Å². The van der Waals surface area contributed by atoms with Crippen LogP contribution in [-0.2, 0) is 52.7 Å². The van der Waals surface area contributed by atoms with Crippen LogP contribution in [0.4, 0.5) is 0 Å². The lowest BCUT2D eigenvalue weighted by molar-refractivity contribution is -0.143. The van der Waals surface area contributed by atoms with Gasteiger partial charge in [0.2, 0.25) is 59.1 Å². The van der Waals surface area contributed by atoms with E-state index < -0.39 is 133 Å². The van der Waals surface area contributed by atoms with Crippen LogP contribution in [0.2, 0.25) is 0 Å². The Kier molecular flexibility index (Phi) is 24.1. The Bertz CT molecular complexity index is 1790. The van der Waals surface area contributed by atoms with E-state index in [2.05, 4.69) is 47.9 Å². The molecule has 67 heavy (non-hydrogen) atoms. The second kappa shape index (κ2) is 28.3. The predicted octanol–water partition coefficient (Wildman–Crippen LogP) is -4.94. The van der Waals surface area contributed by atoms with E-state index in [9.17, 15) is 57.8 Å². The fourth-order valence-electron chi connectivity index (χ4n) is 7.25. The molecule has 0 aromatic heterocycles. The summed E-state index contributed by atoms with van der Waals surface area (Å²) in [5.74, 6) is -8.17. The number of carboxylic acids is 1. The molecule has 2 aliphatic heterocycles. The van der Waals surface area contributed by atoms with Gasteiger partial charge in [-0.3, -0.25) is 47.9 Å². The van der Waals surface area contributed by atoms with E-state index in [1.54, 1.807) is 6.92 Å². The lowest BCUT2D eigenvalue weighted by Crippen LogP contribution is -2.59. The summed E-state index contributed by atoms with van der Waals surface area (Å²) in [6.45, 7) is 10.5. The number of likely N-dealkylation sites (tertiary alicyclic amines) is 2. The number of aliphatic carboxylic acids is 1. The Labute approximate surface area is 389 Å². The number of carbonyl (C=O) groups is 11. The van der Waals surface area contributed by atoms with Crippen LogP contribution in [0.15, 0.2) is 0 Å². The van der Waals surface area contributed by atoms with Crippen LogP contribution in [0.5, 0.6) is 0 Å². The highest BCUT2D eigenvalue weighted by atomic mass is 16.4. The van der Waals surface area contributed by atoms with Crippen LogP contribution in [0.1, 0.15) is 93.4 Å². The minimum absolute atomic E-state index is 0.131. The third-order valence-corrected chi connectivity index (χ3v) is 11.4. The normalized spacial score (nSPS) is 19.2. The third-order valence-electron chi connectivity index (χ3n) is 11.4. The van der Waals surface area contributed by atoms with E-state index in [1.807, 2.05) is 6.92 Å². The Balaban J connectivity index is 1.84. The van der Waals surface area contributed by atoms with Crippen molar-refractivity contribution in [1.29, 1.82) is 0 Å². The molecule has 10 atom stereocenters. The van der Waals surface area contributed by atoms with Crippen molar-refractivity contribution in [2.24, 2.45) is 5.92 Å². The fraction of sp³-hybridized carbons (Fsp3) is 0.738. The summed E-state index contributed by atoms with van der Waals surface area (Å²) in [5.41, 5.74) is 0. The van der Waals surface area contributed by atoms with Crippen molar-refractivity contribution >= 4 is 65.0 Å². The molecule has 10 unspecified atom stereocenters.